The van der Waals surface area contributed by atoms with Crippen LogP contribution in [0.2, 0.25) is 0 Å². The maximum Gasteiger partial charge on any atom is 0.146 e. The fourth-order valence-corrected chi connectivity index (χ4v) is 3.53. The Kier molecular flexibility index (Phi) is 5.64. The van der Waals surface area contributed by atoms with E-state index < -0.39 is 0 Å². The smallest absolute Gasteiger partial charge is 0.146 e. The summed E-state index contributed by atoms with van der Waals surface area (Å²) in [6, 6.07) is 0.518. The fourth-order valence-electron chi connectivity index (χ4n) is 3.07. The lowest BCUT2D eigenvalue weighted by molar-refractivity contribution is 0.253. The summed E-state index contributed by atoms with van der Waals surface area (Å²) in [4.78, 5) is 8.67. The zero-order valence-electron chi connectivity index (χ0n) is 12.6. The third-order valence-electron chi connectivity index (χ3n) is 4.13. The van der Waals surface area contributed by atoms with Crippen molar-refractivity contribution in [1.29, 1.82) is 0 Å². The Morgan fingerprint density at radius 2 is 1.95 bits per heavy atom. The largest absolute Gasteiger partial charge is 0.369 e. The first-order valence-electron chi connectivity index (χ1n) is 7.64. The highest BCUT2D eigenvalue weighted by Crippen LogP contribution is 2.34. The van der Waals surface area contributed by atoms with Gasteiger partial charge in [0.05, 0.1) is 0 Å². The first kappa shape index (κ1) is 15.5. The molecule has 5 heteroatoms. The summed E-state index contributed by atoms with van der Waals surface area (Å²) in [6.07, 6.45) is 6.84. The van der Waals surface area contributed by atoms with Gasteiger partial charge in [0.25, 0.3) is 0 Å². The Morgan fingerprint density at radius 1 is 1.25 bits per heavy atom. The highest BCUT2D eigenvalue weighted by molar-refractivity contribution is 9.10. The Hall–Kier alpha value is -0.840. The van der Waals surface area contributed by atoms with Crippen molar-refractivity contribution in [1.82, 2.24) is 9.97 Å². The third-order valence-corrected chi connectivity index (χ3v) is 4.88. The molecule has 2 unspecified atom stereocenters. The maximum absolute atomic E-state index is 4.40. The summed E-state index contributed by atoms with van der Waals surface area (Å²) < 4.78 is 0.940. The zero-order chi connectivity index (χ0) is 14.5. The molecule has 20 heavy (non-hydrogen) atoms. The third kappa shape index (κ3) is 3.62. The molecule has 0 aromatic carbocycles. The van der Waals surface area contributed by atoms with Crippen LogP contribution in [0.25, 0.3) is 0 Å². The fraction of sp³-hybridized carbons (Fsp3) is 0.733. The van der Waals surface area contributed by atoms with E-state index in [1.54, 1.807) is 6.33 Å². The van der Waals surface area contributed by atoms with Gasteiger partial charge in [0.2, 0.25) is 0 Å². The van der Waals surface area contributed by atoms with Gasteiger partial charge >= 0.3 is 0 Å². The van der Waals surface area contributed by atoms with Crippen LogP contribution < -0.4 is 10.6 Å². The van der Waals surface area contributed by atoms with Gasteiger partial charge < -0.3 is 10.6 Å². The molecule has 0 aliphatic heterocycles. The molecular formula is C15H25BrN4. The standard InChI is InChI=1S/C15H25BrN4/c1-4-17-14-13(16)15(19-9-18-14)20-12-8-6-5-7-11(12)10(2)3/h9-12H,4-8H2,1-3H3,(H2,17,18,19,20). The van der Waals surface area contributed by atoms with Gasteiger partial charge in [-0.2, -0.15) is 0 Å². The number of nitrogens with zero attached hydrogens (tertiary/aromatic N) is 2. The van der Waals surface area contributed by atoms with Gasteiger partial charge in [-0.05, 0) is 47.5 Å². The molecule has 1 aliphatic rings. The molecule has 1 aliphatic carbocycles. The van der Waals surface area contributed by atoms with E-state index in [0.717, 1.165) is 28.6 Å². The molecule has 2 rings (SSSR count). The highest BCUT2D eigenvalue weighted by atomic mass is 79.9. The van der Waals surface area contributed by atoms with E-state index in [1.165, 1.54) is 25.7 Å². The van der Waals surface area contributed by atoms with Crippen LogP contribution in [0.3, 0.4) is 0 Å². The molecule has 0 amide bonds. The topological polar surface area (TPSA) is 49.8 Å². The molecule has 2 atom stereocenters. The second-order valence-electron chi connectivity index (χ2n) is 5.86. The average Bonchev–Trinajstić information content (AvgIpc) is 2.44. The minimum Gasteiger partial charge on any atom is -0.369 e. The van der Waals surface area contributed by atoms with E-state index in [4.69, 9.17) is 0 Å². The van der Waals surface area contributed by atoms with Crippen LogP contribution in [-0.4, -0.2) is 22.6 Å². The predicted molar refractivity (Wildman–Crippen MR) is 88.1 cm³/mol. The molecule has 4 nitrogen and oxygen atoms in total. The van der Waals surface area contributed by atoms with Crippen molar-refractivity contribution in [2.75, 3.05) is 17.2 Å². The van der Waals surface area contributed by atoms with Crippen LogP contribution in [-0.2, 0) is 0 Å². The first-order chi connectivity index (χ1) is 9.63. The molecule has 1 aromatic heterocycles. The molecule has 0 spiro atoms. The number of halogens is 1. The molecule has 2 N–H and O–H groups in total. The molecule has 1 fully saturated rings. The summed E-state index contributed by atoms with van der Waals surface area (Å²) in [6.45, 7) is 7.57. The van der Waals surface area contributed by atoms with Crippen molar-refractivity contribution in [3.05, 3.63) is 10.8 Å². The number of nitrogens with one attached hydrogen (secondary N) is 2. The lowest BCUT2D eigenvalue weighted by Gasteiger charge is -2.35. The monoisotopic (exact) mass is 340 g/mol. The zero-order valence-corrected chi connectivity index (χ0v) is 14.2. The lowest BCUT2D eigenvalue weighted by Crippen LogP contribution is -2.35. The lowest BCUT2D eigenvalue weighted by atomic mass is 9.78. The SMILES string of the molecule is CCNc1ncnc(NC2CCCCC2C(C)C)c1Br. The van der Waals surface area contributed by atoms with Crippen molar-refractivity contribution in [2.24, 2.45) is 11.8 Å². The van der Waals surface area contributed by atoms with Crippen LogP contribution in [0.1, 0.15) is 46.5 Å². The van der Waals surface area contributed by atoms with Crippen LogP contribution in [0.5, 0.6) is 0 Å². The molecule has 112 valence electrons. The summed E-state index contributed by atoms with van der Waals surface area (Å²) in [5, 5.41) is 6.89. The quantitative estimate of drug-likeness (QED) is 0.838. The summed E-state index contributed by atoms with van der Waals surface area (Å²) in [5.41, 5.74) is 0. The molecule has 1 saturated carbocycles. The van der Waals surface area contributed by atoms with E-state index in [0.29, 0.717) is 12.0 Å². The second kappa shape index (κ2) is 7.25. The normalized spacial score (nSPS) is 22.9. The second-order valence-corrected chi connectivity index (χ2v) is 6.65. The Balaban J connectivity index is 2.13. The number of hydrogen-bond donors (Lipinski definition) is 2. The van der Waals surface area contributed by atoms with Gasteiger partial charge in [-0.25, -0.2) is 9.97 Å². The van der Waals surface area contributed by atoms with Gasteiger partial charge in [-0.3, -0.25) is 0 Å². The minimum absolute atomic E-state index is 0.518. The Morgan fingerprint density at radius 3 is 2.65 bits per heavy atom. The van der Waals surface area contributed by atoms with Crippen LogP contribution in [0.15, 0.2) is 10.8 Å². The molecule has 0 radical (unpaired) electrons. The molecule has 0 saturated heterocycles. The average molecular weight is 341 g/mol. The van der Waals surface area contributed by atoms with E-state index >= 15 is 0 Å². The van der Waals surface area contributed by atoms with E-state index in [1.807, 2.05) is 0 Å². The highest BCUT2D eigenvalue weighted by Gasteiger charge is 2.28. The van der Waals surface area contributed by atoms with Gasteiger partial charge in [-0.15, -0.1) is 0 Å². The van der Waals surface area contributed by atoms with Crippen LogP contribution in [0, 0.1) is 11.8 Å². The molecule has 0 bridgehead atoms. The number of anilines is 2. The van der Waals surface area contributed by atoms with Crippen LogP contribution >= 0.6 is 15.9 Å². The van der Waals surface area contributed by atoms with Gasteiger partial charge in [0.15, 0.2) is 0 Å². The van der Waals surface area contributed by atoms with E-state index in [9.17, 15) is 0 Å². The maximum atomic E-state index is 4.40. The Bertz CT molecular complexity index is 436. The van der Waals surface area contributed by atoms with Crippen LogP contribution in [0.4, 0.5) is 11.6 Å². The number of aromatic nitrogens is 2. The van der Waals surface area contributed by atoms with E-state index in [2.05, 4.69) is 57.3 Å². The van der Waals surface area contributed by atoms with Crippen molar-refractivity contribution < 1.29 is 0 Å². The van der Waals surface area contributed by atoms with Crippen molar-refractivity contribution >= 4 is 27.6 Å². The minimum atomic E-state index is 0.518. The summed E-state index contributed by atoms with van der Waals surface area (Å²) in [7, 11) is 0. The van der Waals surface area contributed by atoms with Crippen molar-refractivity contribution in [3.63, 3.8) is 0 Å². The molecular weight excluding hydrogens is 316 g/mol. The van der Waals surface area contributed by atoms with Gasteiger partial charge in [0.1, 0.15) is 22.4 Å². The first-order valence-corrected chi connectivity index (χ1v) is 8.43. The molecule has 1 aromatic rings. The number of rotatable bonds is 5. The predicted octanol–water partition coefficient (Wildman–Crippen LogP) is 4.30. The summed E-state index contributed by atoms with van der Waals surface area (Å²) >= 11 is 3.62. The van der Waals surface area contributed by atoms with E-state index in [-0.39, 0.29) is 0 Å². The Labute approximate surface area is 130 Å². The summed E-state index contributed by atoms with van der Waals surface area (Å²) in [5.74, 6) is 3.21. The van der Waals surface area contributed by atoms with Crippen molar-refractivity contribution in [3.8, 4) is 0 Å². The van der Waals surface area contributed by atoms with Gasteiger partial charge in [0, 0.05) is 12.6 Å². The number of hydrogen-bond acceptors (Lipinski definition) is 4. The molecule has 1 heterocycles. The van der Waals surface area contributed by atoms with Crippen molar-refractivity contribution in [2.45, 2.75) is 52.5 Å². The van der Waals surface area contributed by atoms with Gasteiger partial charge in [-0.1, -0.05) is 26.7 Å².